The summed E-state index contributed by atoms with van der Waals surface area (Å²) in [6, 6.07) is 23.0. The topological polar surface area (TPSA) is 53.9 Å². The van der Waals surface area contributed by atoms with Gasteiger partial charge < -0.3 is 10.1 Å². The Bertz CT molecular complexity index is 1190. The second kappa shape index (κ2) is 5.84. The SMILES string of the molecule is O=C1Nc2ccccc2[C@]12Oc1ccc(Cl)cc1[C@H]1CC(c3ccccc3)=NN12. The van der Waals surface area contributed by atoms with Crippen molar-refractivity contribution in [2.24, 2.45) is 5.10 Å². The van der Waals surface area contributed by atoms with Gasteiger partial charge in [-0.2, -0.15) is 5.10 Å². The molecule has 3 aromatic carbocycles. The highest BCUT2D eigenvalue weighted by Crippen LogP contribution is 2.54. The van der Waals surface area contributed by atoms with Crippen molar-refractivity contribution in [2.75, 3.05) is 5.32 Å². The molecule has 0 fully saturated rings. The lowest BCUT2D eigenvalue weighted by Gasteiger charge is -2.44. The van der Waals surface area contributed by atoms with Crippen LogP contribution in [0.5, 0.6) is 5.75 Å². The van der Waals surface area contributed by atoms with Gasteiger partial charge in [-0.15, -0.1) is 0 Å². The monoisotopic (exact) mass is 401 g/mol. The van der Waals surface area contributed by atoms with Gasteiger partial charge in [0, 0.05) is 17.0 Å². The van der Waals surface area contributed by atoms with E-state index in [2.05, 4.69) is 5.32 Å². The molecule has 3 aliphatic rings. The van der Waals surface area contributed by atoms with E-state index in [-0.39, 0.29) is 11.9 Å². The maximum Gasteiger partial charge on any atom is 0.306 e. The molecular weight excluding hydrogens is 386 g/mol. The standard InChI is InChI=1S/C23H16ClN3O2/c24-15-10-11-21-16(12-15)20-13-19(14-6-2-1-3-7-14)26-27(20)23(29-21)17-8-4-5-9-18(17)25-22(23)28/h1-12,20H,13H2,(H,25,28)/t20-,23+/m1/s1. The van der Waals surface area contributed by atoms with Crippen LogP contribution in [0.15, 0.2) is 77.9 Å². The van der Waals surface area contributed by atoms with Gasteiger partial charge in [0.15, 0.2) is 0 Å². The highest BCUT2D eigenvalue weighted by molar-refractivity contribution is 6.30. The summed E-state index contributed by atoms with van der Waals surface area (Å²) in [5.74, 6) is 0.425. The molecule has 6 rings (SSSR count). The molecule has 1 spiro atoms. The van der Waals surface area contributed by atoms with Crippen LogP contribution in [-0.2, 0) is 10.5 Å². The average molecular weight is 402 g/mol. The lowest BCUT2D eigenvalue weighted by Crippen LogP contribution is -2.55. The highest BCUT2D eigenvalue weighted by atomic mass is 35.5. The fraction of sp³-hybridized carbons (Fsp3) is 0.130. The molecule has 142 valence electrons. The summed E-state index contributed by atoms with van der Waals surface area (Å²) in [5, 5.41) is 10.3. The predicted molar refractivity (Wildman–Crippen MR) is 111 cm³/mol. The Hall–Kier alpha value is -3.31. The third-order valence-electron chi connectivity index (χ3n) is 5.78. The molecule has 2 atom stereocenters. The number of halogens is 1. The molecule has 5 nitrogen and oxygen atoms in total. The summed E-state index contributed by atoms with van der Waals surface area (Å²) in [6.45, 7) is 0. The quantitative estimate of drug-likeness (QED) is 0.643. The minimum Gasteiger partial charge on any atom is -0.453 e. The largest absolute Gasteiger partial charge is 0.453 e. The summed E-state index contributed by atoms with van der Waals surface area (Å²) in [7, 11) is 0. The Labute approximate surface area is 172 Å². The van der Waals surface area contributed by atoms with Crippen molar-refractivity contribution in [1.82, 2.24) is 5.01 Å². The number of rotatable bonds is 1. The lowest BCUT2D eigenvalue weighted by molar-refractivity contribution is -0.161. The Morgan fingerprint density at radius 1 is 1.07 bits per heavy atom. The van der Waals surface area contributed by atoms with Gasteiger partial charge in [0.25, 0.3) is 5.91 Å². The number of hydrazone groups is 1. The number of nitrogens with one attached hydrogen (secondary N) is 1. The van der Waals surface area contributed by atoms with Crippen molar-refractivity contribution in [2.45, 2.75) is 18.2 Å². The molecular formula is C23H16ClN3O2. The maximum absolute atomic E-state index is 13.3. The van der Waals surface area contributed by atoms with E-state index in [1.54, 1.807) is 6.07 Å². The van der Waals surface area contributed by atoms with Crippen LogP contribution in [0.3, 0.4) is 0 Å². The van der Waals surface area contributed by atoms with Crippen molar-refractivity contribution < 1.29 is 9.53 Å². The predicted octanol–water partition coefficient (Wildman–Crippen LogP) is 4.69. The van der Waals surface area contributed by atoms with Crippen molar-refractivity contribution in [3.8, 4) is 5.75 Å². The fourth-order valence-electron chi connectivity index (χ4n) is 4.47. The Morgan fingerprint density at radius 3 is 2.72 bits per heavy atom. The summed E-state index contributed by atoms with van der Waals surface area (Å²) < 4.78 is 6.42. The molecule has 1 amide bonds. The number of carbonyl (C=O) groups is 1. The number of amides is 1. The number of fused-ring (bicyclic) bond motifs is 6. The molecule has 0 radical (unpaired) electrons. The number of anilines is 1. The summed E-state index contributed by atoms with van der Waals surface area (Å²) in [5.41, 5.74) is 3.08. The molecule has 0 aliphatic carbocycles. The van der Waals surface area contributed by atoms with Crippen LogP contribution in [0, 0.1) is 0 Å². The van der Waals surface area contributed by atoms with E-state index in [9.17, 15) is 4.79 Å². The van der Waals surface area contributed by atoms with E-state index >= 15 is 0 Å². The number of carbonyl (C=O) groups excluding carboxylic acids is 1. The minimum absolute atomic E-state index is 0.149. The van der Waals surface area contributed by atoms with E-state index in [4.69, 9.17) is 21.4 Å². The van der Waals surface area contributed by atoms with E-state index in [1.165, 1.54) is 0 Å². The smallest absolute Gasteiger partial charge is 0.306 e. The van der Waals surface area contributed by atoms with E-state index in [1.807, 2.05) is 71.7 Å². The molecule has 0 saturated carbocycles. The zero-order valence-corrected chi connectivity index (χ0v) is 16.1. The van der Waals surface area contributed by atoms with Crippen LogP contribution < -0.4 is 10.1 Å². The van der Waals surface area contributed by atoms with E-state index < -0.39 is 5.72 Å². The van der Waals surface area contributed by atoms with E-state index in [0.29, 0.717) is 17.2 Å². The number of hydrogen-bond donors (Lipinski definition) is 1. The van der Waals surface area contributed by atoms with Crippen LogP contribution in [0.1, 0.15) is 29.2 Å². The summed E-state index contributed by atoms with van der Waals surface area (Å²) >= 11 is 6.29. The number of hydrogen-bond acceptors (Lipinski definition) is 4. The van der Waals surface area contributed by atoms with Gasteiger partial charge in [-0.25, -0.2) is 5.01 Å². The maximum atomic E-state index is 13.3. The zero-order valence-electron chi connectivity index (χ0n) is 15.3. The van der Waals surface area contributed by atoms with Crippen molar-refractivity contribution in [3.05, 3.63) is 94.5 Å². The fourth-order valence-corrected chi connectivity index (χ4v) is 4.65. The Balaban J connectivity index is 1.59. The number of ether oxygens (including phenoxy) is 1. The first-order chi connectivity index (χ1) is 14.2. The van der Waals surface area contributed by atoms with Crippen molar-refractivity contribution >= 4 is 28.9 Å². The van der Waals surface area contributed by atoms with Gasteiger partial charge in [-0.1, -0.05) is 60.1 Å². The van der Waals surface area contributed by atoms with Crippen LogP contribution >= 0.6 is 11.6 Å². The summed E-state index contributed by atoms with van der Waals surface area (Å²) in [4.78, 5) is 13.3. The van der Waals surface area contributed by atoms with Gasteiger partial charge in [0.2, 0.25) is 0 Å². The van der Waals surface area contributed by atoms with E-state index in [0.717, 1.165) is 28.1 Å². The first-order valence-electron chi connectivity index (χ1n) is 9.48. The molecule has 29 heavy (non-hydrogen) atoms. The molecule has 0 saturated heterocycles. The number of para-hydroxylation sites is 1. The molecule has 1 N–H and O–H groups in total. The average Bonchev–Trinajstić information content (AvgIpc) is 3.31. The Kier molecular flexibility index (Phi) is 3.35. The third kappa shape index (κ3) is 2.22. The van der Waals surface area contributed by atoms with Crippen molar-refractivity contribution in [1.29, 1.82) is 0 Å². The molecule has 3 aliphatic heterocycles. The zero-order chi connectivity index (χ0) is 19.6. The lowest BCUT2D eigenvalue weighted by atomic mass is 9.92. The first kappa shape index (κ1) is 16.6. The number of benzene rings is 3. The van der Waals surface area contributed by atoms with Gasteiger partial charge in [-0.05, 0) is 29.8 Å². The van der Waals surface area contributed by atoms with Gasteiger partial charge >= 0.3 is 5.72 Å². The van der Waals surface area contributed by atoms with Gasteiger partial charge in [0.05, 0.1) is 23.0 Å². The molecule has 3 aromatic rings. The van der Waals surface area contributed by atoms with Crippen LogP contribution in [0.2, 0.25) is 5.02 Å². The first-order valence-corrected chi connectivity index (χ1v) is 9.86. The molecule has 0 bridgehead atoms. The minimum atomic E-state index is -1.33. The van der Waals surface area contributed by atoms with Gasteiger partial charge in [0.1, 0.15) is 5.75 Å². The molecule has 6 heteroatoms. The molecule has 0 aromatic heterocycles. The van der Waals surface area contributed by atoms with Crippen LogP contribution in [-0.4, -0.2) is 16.6 Å². The second-order valence-electron chi connectivity index (χ2n) is 7.41. The molecule has 3 heterocycles. The molecule has 0 unspecified atom stereocenters. The highest BCUT2D eigenvalue weighted by Gasteiger charge is 2.60. The number of nitrogens with zero attached hydrogens (tertiary/aromatic N) is 2. The normalized spacial score (nSPS) is 23.8. The van der Waals surface area contributed by atoms with Gasteiger partial charge in [-0.3, -0.25) is 4.79 Å². The Morgan fingerprint density at radius 2 is 1.86 bits per heavy atom. The summed E-state index contributed by atoms with van der Waals surface area (Å²) in [6.07, 6.45) is 0.665. The second-order valence-corrected chi connectivity index (χ2v) is 7.84. The third-order valence-corrected chi connectivity index (χ3v) is 6.01. The van der Waals surface area contributed by atoms with Crippen LogP contribution in [0.4, 0.5) is 5.69 Å². The van der Waals surface area contributed by atoms with Crippen LogP contribution in [0.25, 0.3) is 0 Å². The van der Waals surface area contributed by atoms with Crippen molar-refractivity contribution in [3.63, 3.8) is 0 Å².